The molecule has 2 aliphatic heterocycles. The van der Waals surface area contributed by atoms with Crippen LogP contribution in [-0.2, 0) is 19.6 Å². The molecule has 0 radical (unpaired) electrons. The van der Waals surface area contributed by atoms with E-state index in [-0.39, 0.29) is 35.8 Å². The Morgan fingerprint density at radius 2 is 1.85 bits per heavy atom. The van der Waals surface area contributed by atoms with Crippen molar-refractivity contribution in [2.75, 3.05) is 19.6 Å². The monoisotopic (exact) mass is 396 g/mol. The third-order valence-corrected chi connectivity index (χ3v) is 6.73. The molecular formula is C18H24N2O6S. The first-order valence-corrected chi connectivity index (χ1v) is 10.4. The number of aliphatic carboxylic acids is 1. The second-order valence-electron chi connectivity index (χ2n) is 7.10. The van der Waals surface area contributed by atoms with Crippen LogP contribution in [0.3, 0.4) is 0 Å². The smallest absolute Gasteiger partial charge is 0.326 e. The summed E-state index contributed by atoms with van der Waals surface area (Å²) in [6.07, 6.45) is 0.593. The van der Waals surface area contributed by atoms with Crippen LogP contribution in [0, 0.1) is 0 Å². The van der Waals surface area contributed by atoms with Crippen molar-refractivity contribution in [3.05, 3.63) is 29.8 Å². The molecule has 2 saturated heterocycles. The SMILES string of the molecule is CC1CN(S(=O)(=O)c2cccc(C(=O)N3CCC[C@@H]3C(=O)O)c2)CC(C)O1. The van der Waals surface area contributed by atoms with E-state index >= 15 is 0 Å². The van der Waals surface area contributed by atoms with Gasteiger partial charge in [-0.05, 0) is 44.9 Å². The Kier molecular flexibility index (Phi) is 5.55. The Morgan fingerprint density at radius 1 is 1.19 bits per heavy atom. The fourth-order valence-electron chi connectivity index (χ4n) is 3.70. The normalized spacial score (nSPS) is 26.9. The van der Waals surface area contributed by atoms with Crippen molar-refractivity contribution in [2.45, 2.75) is 49.8 Å². The molecule has 3 rings (SSSR count). The zero-order chi connectivity index (χ0) is 19.8. The van der Waals surface area contributed by atoms with Crippen LogP contribution in [-0.4, -0.2) is 72.5 Å². The lowest BCUT2D eigenvalue weighted by molar-refractivity contribution is -0.141. The molecule has 0 bridgehead atoms. The van der Waals surface area contributed by atoms with Crippen LogP contribution in [0.5, 0.6) is 0 Å². The zero-order valence-electron chi connectivity index (χ0n) is 15.4. The Balaban J connectivity index is 1.87. The minimum Gasteiger partial charge on any atom is -0.480 e. The van der Waals surface area contributed by atoms with Crippen molar-refractivity contribution >= 4 is 21.9 Å². The number of nitrogens with zero attached hydrogens (tertiary/aromatic N) is 2. The van der Waals surface area contributed by atoms with Crippen molar-refractivity contribution in [1.82, 2.24) is 9.21 Å². The molecular weight excluding hydrogens is 372 g/mol. The molecule has 2 fully saturated rings. The van der Waals surface area contributed by atoms with E-state index in [0.29, 0.717) is 19.4 Å². The maximum atomic E-state index is 13.0. The summed E-state index contributed by atoms with van der Waals surface area (Å²) in [5, 5.41) is 9.27. The van der Waals surface area contributed by atoms with Gasteiger partial charge in [-0.25, -0.2) is 13.2 Å². The summed E-state index contributed by atoms with van der Waals surface area (Å²) in [6.45, 7) is 4.48. The maximum Gasteiger partial charge on any atom is 0.326 e. The van der Waals surface area contributed by atoms with Crippen LogP contribution in [0.15, 0.2) is 29.2 Å². The highest BCUT2D eigenvalue weighted by molar-refractivity contribution is 7.89. The lowest BCUT2D eigenvalue weighted by Gasteiger charge is -2.34. The van der Waals surface area contributed by atoms with Crippen molar-refractivity contribution in [3.63, 3.8) is 0 Å². The number of hydrogen-bond acceptors (Lipinski definition) is 5. The molecule has 27 heavy (non-hydrogen) atoms. The molecule has 1 aromatic carbocycles. The number of carboxylic acids is 1. The second-order valence-corrected chi connectivity index (χ2v) is 9.04. The lowest BCUT2D eigenvalue weighted by atomic mass is 10.1. The molecule has 1 aromatic rings. The molecule has 3 atom stereocenters. The number of carboxylic acid groups (broad SMARTS) is 1. The van der Waals surface area contributed by atoms with Gasteiger partial charge in [-0.15, -0.1) is 0 Å². The number of ether oxygens (including phenoxy) is 1. The fourth-order valence-corrected chi connectivity index (χ4v) is 5.33. The minimum atomic E-state index is -3.77. The average molecular weight is 396 g/mol. The summed E-state index contributed by atoms with van der Waals surface area (Å²) >= 11 is 0. The molecule has 0 aromatic heterocycles. The van der Waals surface area contributed by atoms with Gasteiger partial charge in [-0.1, -0.05) is 6.07 Å². The van der Waals surface area contributed by atoms with E-state index in [1.54, 1.807) is 0 Å². The van der Waals surface area contributed by atoms with Gasteiger partial charge >= 0.3 is 5.97 Å². The van der Waals surface area contributed by atoms with Gasteiger partial charge in [-0.2, -0.15) is 4.31 Å². The number of hydrogen-bond donors (Lipinski definition) is 1. The topological polar surface area (TPSA) is 104 Å². The number of carbonyl (C=O) groups excluding carboxylic acids is 1. The van der Waals surface area contributed by atoms with Gasteiger partial charge in [0, 0.05) is 25.2 Å². The van der Waals surface area contributed by atoms with Crippen molar-refractivity contribution in [1.29, 1.82) is 0 Å². The molecule has 2 heterocycles. The van der Waals surface area contributed by atoms with E-state index in [1.165, 1.54) is 33.5 Å². The first-order valence-electron chi connectivity index (χ1n) is 8.99. The second kappa shape index (κ2) is 7.57. The van der Waals surface area contributed by atoms with E-state index in [0.717, 1.165) is 0 Å². The lowest BCUT2D eigenvalue weighted by Crippen LogP contribution is -2.48. The summed E-state index contributed by atoms with van der Waals surface area (Å²) in [7, 11) is -3.77. The van der Waals surface area contributed by atoms with Gasteiger partial charge in [0.1, 0.15) is 6.04 Å². The number of benzene rings is 1. The Morgan fingerprint density at radius 3 is 2.48 bits per heavy atom. The van der Waals surface area contributed by atoms with Crippen molar-refractivity contribution in [3.8, 4) is 0 Å². The Labute approximate surface area is 158 Å². The van der Waals surface area contributed by atoms with Crippen LogP contribution in [0.1, 0.15) is 37.0 Å². The molecule has 2 aliphatic rings. The van der Waals surface area contributed by atoms with Crippen LogP contribution in [0.2, 0.25) is 0 Å². The highest BCUT2D eigenvalue weighted by atomic mass is 32.2. The molecule has 1 amide bonds. The first-order chi connectivity index (χ1) is 12.7. The van der Waals surface area contributed by atoms with E-state index in [2.05, 4.69) is 0 Å². The quantitative estimate of drug-likeness (QED) is 0.819. The number of rotatable bonds is 4. The summed E-state index contributed by atoms with van der Waals surface area (Å²) in [5.41, 5.74) is 0.179. The summed E-state index contributed by atoms with van der Waals surface area (Å²) in [4.78, 5) is 25.4. The Bertz CT molecular complexity index is 830. The molecule has 0 saturated carbocycles. The number of morpholine rings is 1. The van der Waals surface area contributed by atoms with Gasteiger partial charge in [0.25, 0.3) is 5.91 Å². The van der Waals surface area contributed by atoms with Crippen LogP contribution in [0.4, 0.5) is 0 Å². The third-order valence-electron chi connectivity index (χ3n) is 4.90. The third kappa shape index (κ3) is 3.99. The zero-order valence-corrected chi connectivity index (χ0v) is 16.2. The largest absolute Gasteiger partial charge is 0.480 e. The fraction of sp³-hybridized carbons (Fsp3) is 0.556. The molecule has 0 spiro atoms. The van der Waals surface area contributed by atoms with Crippen LogP contribution in [0.25, 0.3) is 0 Å². The van der Waals surface area contributed by atoms with Gasteiger partial charge in [-0.3, -0.25) is 4.79 Å². The molecule has 2 unspecified atom stereocenters. The number of amides is 1. The highest BCUT2D eigenvalue weighted by Crippen LogP contribution is 2.24. The van der Waals surface area contributed by atoms with E-state index < -0.39 is 27.9 Å². The standard InChI is InChI=1S/C18H24N2O6S/c1-12-10-19(11-13(2)26-12)27(24,25)15-6-3-5-14(9-15)17(21)20-8-4-7-16(20)18(22)23/h3,5-6,9,12-13,16H,4,7-8,10-11H2,1-2H3,(H,22,23)/t12?,13?,16-/m1/s1. The molecule has 1 N–H and O–H groups in total. The predicted octanol–water partition coefficient (Wildman–Crippen LogP) is 1.17. The van der Waals surface area contributed by atoms with E-state index in [4.69, 9.17) is 4.74 Å². The molecule has 8 nitrogen and oxygen atoms in total. The average Bonchev–Trinajstić information content (AvgIpc) is 3.10. The van der Waals surface area contributed by atoms with E-state index in [9.17, 15) is 23.1 Å². The number of likely N-dealkylation sites (tertiary alicyclic amines) is 1. The van der Waals surface area contributed by atoms with Gasteiger partial charge in [0.15, 0.2) is 0 Å². The van der Waals surface area contributed by atoms with Gasteiger partial charge in [0.2, 0.25) is 10.0 Å². The maximum absolute atomic E-state index is 13.0. The summed E-state index contributed by atoms with van der Waals surface area (Å²) in [6, 6.07) is 4.95. The molecule has 148 valence electrons. The van der Waals surface area contributed by atoms with Crippen LogP contribution >= 0.6 is 0 Å². The summed E-state index contributed by atoms with van der Waals surface area (Å²) < 4.78 is 33.0. The van der Waals surface area contributed by atoms with E-state index in [1.807, 2.05) is 13.8 Å². The molecule has 0 aliphatic carbocycles. The van der Waals surface area contributed by atoms with Crippen molar-refractivity contribution < 1.29 is 27.9 Å². The summed E-state index contributed by atoms with van der Waals surface area (Å²) in [5.74, 6) is -1.50. The number of carbonyl (C=O) groups is 2. The van der Waals surface area contributed by atoms with Gasteiger partial charge < -0.3 is 14.7 Å². The van der Waals surface area contributed by atoms with Crippen molar-refractivity contribution in [2.24, 2.45) is 0 Å². The number of sulfonamides is 1. The molecule has 9 heteroatoms. The minimum absolute atomic E-state index is 0.0284. The van der Waals surface area contributed by atoms with Crippen LogP contribution < -0.4 is 0 Å². The Hall–Kier alpha value is -1.97. The predicted molar refractivity (Wildman–Crippen MR) is 96.9 cm³/mol. The first kappa shape index (κ1) is 19.8. The highest BCUT2D eigenvalue weighted by Gasteiger charge is 2.36. The van der Waals surface area contributed by atoms with Gasteiger partial charge in [0.05, 0.1) is 17.1 Å².